The highest BCUT2D eigenvalue weighted by Gasteiger charge is 2.34. The molecule has 0 amide bonds. The Morgan fingerprint density at radius 1 is 0.649 bits per heavy atom. The average molecular weight is 1020 g/mol. The van der Waals surface area contributed by atoms with Crippen molar-refractivity contribution in [3.63, 3.8) is 0 Å². The Labute approximate surface area is 446 Å². The summed E-state index contributed by atoms with van der Waals surface area (Å²) in [5, 5.41) is 40.3. The van der Waals surface area contributed by atoms with Gasteiger partial charge in [-0.2, -0.15) is 0 Å². The van der Waals surface area contributed by atoms with Gasteiger partial charge in [-0.15, -0.1) is 0 Å². The molecule has 0 bridgehead atoms. The number of carbonyl (C=O) groups excluding carboxylic acids is 1. The summed E-state index contributed by atoms with van der Waals surface area (Å²) in [6, 6.07) is 24.7. The first-order chi connectivity index (χ1) is 35.2. The number of hydrogen-bond donors (Lipinski definition) is 4. The van der Waals surface area contributed by atoms with E-state index in [0.717, 1.165) is 68.9 Å². The Bertz CT molecular complexity index is 2470. The van der Waals surface area contributed by atoms with Crippen molar-refractivity contribution in [2.24, 2.45) is 0 Å². The summed E-state index contributed by atoms with van der Waals surface area (Å²) in [6.07, 6.45) is 19.5. The molecule has 1 fully saturated rings. The second kappa shape index (κ2) is 28.2. The number of ether oxygens (including phenoxy) is 2. The van der Waals surface area contributed by atoms with E-state index >= 15 is 0 Å². The van der Waals surface area contributed by atoms with Gasteiger partial charge in [0.15, 0.2) is 0 Å². The maximum atomic E-state index is 11.5. The number of rotatable bonds is 27. The van der Waals surface area contributed by atoms with Crippen LogP contribution in [0.4, 0.5) is 0 Å². The maximum Gasteiger partial charge on any atom is 0.306 e. The van der Waals surface area contributed by atoms with Gasteiger partial charge in [0.2, 0.25) is 0 Å². The fourth-order valence-corrected chi connectivity index (χ4v) is 11.1. The molecule has 5 rings (SSSR count). The number of aryl methyl sites for hydroxylation is 5. The van der Waals surface area contributed by atoms with Gasteiger partial charge in [-0.1, -0.05) is 154 Å². The lowest BCUT2D eigenvalue weighted by Crippen LogP contribution is -2.27. The smallest absolute Gasteiger partial charge is 0.306 e. The van der Waals surface area contributed by atoms with Crippen LogP contribution >= 0.6 is 0 Å². The molecule has 4 aromatic carbocycles. The summed E-state index contributed by atoms with van der Waals surface area (Å²) in [4.78, 5) is 22.2. The largest absolute Gasteiger partial charge is 0.491 e. The lowest BCUT2D eigenvalue weighted by molar-refractivity contribution is -0.141. The van der Waals surface area contributed by atoms with Crippen LogP contribution in [0, 0.1) is 27.7 Å². The van der Waals surface area contributed by atoms with E-state index in [9.17, 15) is 24.9 Å². The summed E-state index contributed by atoms with van der Waals surface area (Å²) >= 11 is 0. The minimum atomic E-state index is -0.922. The maximum absolute atomic E-state index is 11.5. The van der Waals surface area contributed by atoms with Crippen molar-refractivity contribution in [1.82, 2.24) is 0 Å². The molecule has 0 saturated carbocycles. The number of carbonyl (C=O) groups is 2. The molecule has 4 aromatic rings. The van der Waals surface area contributed by atoms with Crippen LogP contribution in [0.1, 0.15) is 219 Å². The van der Waals surface area contributed by atoms with Crippen LogP contribution in [-0.2, 0) is 38.0 Å². The molecule has 1 saturated heterocycles. The predicted molar refractivity (Wildman–Crippen MR) is 306 cm³/mol. The quantitative estimate of drug-likeness (QED) is 0.0434. The van der Waals surface area contributed by atoms with Gasteiger partial charge in [0.05, 0.1) is 17.3 Å². The summed E-state index contributed by atoms with van der Waals surface area (Å²) in [6.45, 7) is 28.0. The molecule has 0 unspecified atom stereocenters. The molecule has 2 atom stereocenters. The Balaban J connectivity index is 0.000000321. The lowest BCUT2D eigenvalue weighted by Gasteiger charge is -2.35. The van der Waals surface area contributed by atoms with Crippen LogP contribution in [0.5, 0.6) is 5.75 Å². The fourth-order valence-electron chi connectivity index (χ4n) is 11.1. The van der Waals surface area contributed by atoms with Gasteiger partial charge < -0.3 is 29.9 Å². The van der Waals surface area contributed by atoms with E-state index in [1.807, 2.05) is 52.8 Å². The standard InChI is InChI=1S/C33H48O5.C33H46O3/c1-7-12-26-22-28(14-13-25(26)19-20-32(37,8-2)9-3)33(10-4,11-5)27-15-17-30(24(6)21-27)38-23-29(34)16-18-31(35)36;1-8-32(35,9-2)19-18-26-12-13-27(20-23(26)5)33(10-3,11-4)28-21-24(6)30(25(7)22-28)16-14-29-15-17-31(34)36-29/h13-15,17,19-22,29,34,37H,7-12,16,18,23H2,1-6H3,(H,35,36);12-13,18-22,29,35H,8-11,14-17H2,1-7H3/b20-19+;19-18+/t2*29-/m01/s1. The zero-order valence-corrected chi connectivity index (χ0v) is 47.8. The van der Waals surface area contributed by atoms with E-state index in [0.29, 0.717) is 37.9 Å². The topological polar surface area (TPSA) is 134 Å². The third-order valence-electron chi connectivity index (χ3n) is 16.8. The van der Waals surface area contributed by atoms with E-state index in [4.69, 9.17) is 14.6 Å². The fraction of sp³-hybridized carbons (Fsp3) is 0.545. The molecule has 1 heterocycles. The second-order valence-electron chi connectivity index (χ2n) is 21.3. The zero-order valence-electron chi connectivity index (χ0n) is 47.8. The first kappa shape index (κ1) is 61.5. The summed E-state index contributed by atoms with van der Waals surface area (Å²) < 4.78 is 11.3. The van der Waals surface area contributed by atoms with Crippen molar-refractivity contribution in [2.45, 2.75) is 227 Å². The van der Waals surface area contributed by atoms with Gasteiger partial charge in [0, 0.05) is 23.7 Å². The number of cyclic esters (lactones) is 1. The number of esters is 1. The highest BCUT2D eigenvalue weighted by atomic mass is 16.5. The number of hydrogen-bond acceptors (Lipinski definition) is 7. The molecule has 0 aliphatic carbocycles. The highest BCUT2D eigenvalue weighted by molar-refractivity contribution is 5.71. The second-order valence-corrected chi connectivity index (χ2v) is 21.3. The van der Waals surface area contributed by atoms with Crippen molar-refractivity contribution in [3.8, 4) is 5.75 Å². The third-order valence-corrected chi connectivity index (χ3v) is 16.8. The first-order valence-corrected chi connectivity index (χ1v) is 28.2. The molecular formula is C66H94O8. The zero-order chi connectivity index (χ0) is 54.9. The predicted octanol–water partition coefficient (Wildman–Crippen LogP) is 15.1. The summed E-state index contributed by atoms with van der Waals surface area (Å²) in [7, 11) is 0. The van der Waals surface area contributed by atoms with Gasteiger partial charge >= 0.3 is 11.9 Å². The molecule has 74 heavy (non-hydrogen) atoms. The van der Waals surface area contributed by atoms with E-state index < -0.39 is 23.3 Å². The minimum absolute atomic E-state index is 0.0460. The van der Waals surface area contributed by atoms with Gasteiger partial charge in [-0.25, -0.2) is 0 Å². The monoisotopic (exact) mass is 1010 g/mol. The first-order valence-electron chi connectivity index (χ1n) is 28.2. The van der Waals surface area contributed by atoms with Crippen molar-refractivity contribution in [3.05, 3.63) is 146 Å². The molecule has 1 aliphatic heterocycles. The van der Waals surface area contributed by atoms with Crippen LogP contribution in [-0.4, -0.2) is 62.4 Å². The molecule has 0 aromatic heterocycles. The highest BCUT2D eigenvalue weighted by Crippen LogP contribution is 2.43. The van der Waals surface area contributed by atoms with Crippen molar-refractivity contribution in [2.75, 3.05) is 6.61 Å². The molecule has 406 valence electrons. The third kappa shape index (κ3) is 15.5. The summed E-state index contributed by atoms with van der Waals surface area (Å²) in [5.74, 6) is -0.270. The van der Waals surface area contributed by atoms with Gasteiger partial charge in [-0.3, -0.25) is 9.59 Å². The number of carboxylic acids is 1. The molecular weight excluding hydrogens is 921 g/mol. The Morgan fingerprint density at radius 3 is 1.61 bits per heavy atom. The number of aliphatic hydroxyl groups is 3. The van der Waals surface area contributed by atoms with Crippen molar-refractivity contribution >= 4 is 24.1 Å². The molecule has 0 radical (unpaired) electrons. The van der Waals surface area contributed by atoms with E-state index in [-0.39, 0.29) is 42.4 Å². The van der Waals surface area contributed by atoms with Gasteiger partial charge in [0.1, 0.15) is 18.5 Å². The average Bonchev–Trinajstić information content (AvgIpc) is 3.82. The van der Waals surface area contributed by atoms with E-state index in [1.54, 1.807) is 0 Å². The summed E-state index contributed by atoms with van der Waals surface area (Å²) in [5.41, 5.74) is 13.5. The number of aliphatic hydroxyl groups excluding tert-OH is 1. The normalized spacial score (nSPS) is 14.9. The Hall–Kier alpha value is -5.02. The Morgan fingerprint density at radius 2 is 1.14 bits per heavy atom. The SMILES string of the molecule is CCC(O)(/C=C/c1ccc(C(CC)(CC)c2cc(C)c(CC[C@@H]3CCC(=O)O3)c(C)c2)cc1C)CC.CCCc1cc(C(CC)(CC)c2ccc(OC[C@@H](O)CCC(=O)O)c(C)c2)ccc1/C=C/C(O)(CC)CC. The van der Waals surface area contributed by atoms with Gasteiger partial charge in [0.25, 0.3) is 0 Å². The van der Waals surface area contributed by atoms with Crippen LogP contribution in [0.15, 0.2) is 78.9 Å². The minimum Gasteiger partial charge on any atom is -0.491 e. The van der Waals surface area contributed by atoms with Crippen LogP contribution < -0.4 is 4.74 Å². The van der Waals surface area contributed by atoms with E-state index in [2.05, 4.69) is 128 Å². The van der Waals surface area contributed by atoms with Gasteiger partial charge in [-0.05, 0) is 184 Å². The molecule has 8 heteroatoms. The number of benzene rings is 4. The molecule has 4 N–H and O–H groups in total. The van der Waals surface area contributed by atoms with Crippen molar-refractivity contribution in [1.29, 1.82) is 0 Å². The molecule has 0 spiro atoms. The number of aliphatic carboxylic acids is 1. The van der Waals surface area contributed by atoms with Crippen LogP contribution in [0.2, 0.25) is 0 Å². The van der Waals surface area contributed by atoms with Crippen LogP contribution in [0.25, 0.3) is 12.2 Å². The Kier molecular flexibility index (Phi) is 23.5. The molecule has 1 aliphatic rings. The van der Waals surface area contributed by atoms with E-state index in [1.165, 1.54) is 55.6 Å². The number of carboxylic acid groups (broad SMARTS) is 1. The van der Waals surface area contributed by atoms with Crippen molar-refractivity contribution < 1.29 is 39.5 Å². The lowest BCUT2D eigenvalue weighted by atomic mass is 9.69. The van der Waals surface area contributed by atoms with Crippen LogP contribution in [0.3, 0.4) is 0 Å². The molecule has 8 nitrogen and oxygen atoms in total.